The number of allylic oxidation sites excluding steroid dienone is 1. The first kappa shape index (κ1) is 18.5. The van der Waals surface area contributed by atoms with Crippen LogP contribution in [0.15, 0.2) is 41.3 Å². The molecule has 1 heterocycles. The summed E-state index contributed by atoms with van der Waals surface area (Å²) in [5.41, 5.74) is 2.84. The van der Waals surface area contributed by atoms with Gasteiger partial charge in [-0.1, -0.05) is 11.6 Å². The number of ether oxygens (including phenoxy) is 1. The van der Waals surface area contributed by atoms with Crippen molar-refractivity contribution in [2.75, 3.05) is 18.5 Å². The molecule has 1 aromatic carbocycles. The van der Waals surface area contributed by atoms with Crippen molar-refractivity contribution in [1.29, 1.82) is 0 Å². The van der Waals surface area contributed by atoms with E-state index in [1.807, 2.05) is 31.2 Å². The van der Waals surface area contributed by atoms with Crippen LogP contribution >= 0.6 is 11.3 Å². The Bertz CT molecular complexity index is 753. The molecular formula is C20H25N3O2S. The van der Waals surface area contributed by atoms with Crippen molar-refractivity contribution in [2.45, 2.75) is 39.0 Å². The third-order valence-corrected chi connectivity index (χ3v) is 5.03. The highest BCUT2D eigenvalue weighted by Gasteiger charge is 2.11. The molecule has 0 bridgehead atoms. The van der Waals surface area contributed by atoms with Crippen molar-refractivity contribution < 1.29 is 9.53 Å². The van der Waals surface area contributed by atoms with Crippen molar-refractivity contribution in [2.24, 2.45) is 0 Å². The Kier molecular flexibility index (Phi) is 6.66. The molecule has 3 rings (SSSR count). The molecule has 2 aromatic rings. The Morgan fingerprint density at radius 2 is 2.12 bits per heavy atom. The van der Waals surface area contributed by atoms with Gasteiger partial charge in [-0.15, -0.1) is 11.3 Å². The second-order valence-electron chi connectivity index (χ2n) is 6.23. The van der Waals surface area contributed by atoms with Crippen molar-refractivity contribution in [1.82, 2.24) is 10.3 Å². The zero-order chi connectivity index (χ0) is 18.2. The number of hydrogen-bond acceptors (Lipinski definition) is 5. The lowest BCUT2D eigenvalue weighted by Gasteiger charge is -2.12. The van der Waals surface area contributed by atoms with Gasteiger partial charge in [0.15, 0.2) is 5.13 Å². The number of carbonyl (C=O) groups is 1. The van der Waals surface area contributed by atoms with Crippen molar-refractivity contribution in [3.63, 3.8) is 0 Å². The number of amides is 1. The minimum absolute atomic E-state index is 0.114. The van der Waals surface area contributed by atoms with Gasteiger partial charge in [0.1, 0.15) is 11.4 Å². The van der Waals surface area contributed by atoms with Crippen LogP contribution in [0.25, 0.3) is 0 Å². The van der Waals surface area contributed by atoms with E-state index in [1.54, 1.807) is 5.38 Å². The molecule has 1 aliphatic rings. The first-order chi connectivity index (χ1) is 12.7. The first-order valence-electron chi connectivity index (χ1n) is 9.16. The van der Waals surface area contributed by atoms with Gasteiger partial charge in [0, 0.05) is 17.6 Å². The van der Waals surface area contributed by atoms with Crippen molar-refractivity contribution >= 4 is 28.1 Å². The number of hydrogen-bond donors (Lipinski definition) is 2. The Morgan fingerprint density at radius 3 is 2.85 bits per heavy atom. The molecule has 138 valence electrons. The number of carbonyl (C=O) groups excluding carboxylic acids is 1. The quantitative estimate of drug-likeness (QED) is 0.648. The van der Waals surface area contributed by atoms with Crippen LogP contribution in [-0.2, 0) is 0 Å². The Morgan fingerprint density at radius 1 is 1.27 bits per heavy atom. The zero-order valence-corrected chi connectivity index (χ0v) is 15.9. The van der Waals surface area contributed by atoms with Gasteiger partial charge in [-0.05, 0) is 63.3 Å². The average Bonchev–Trinajstić information content (AvgIpc) is 3.13. The van der Waals surface area contributed by atoms with E-state index < -0.39 is 0 Å². The second-order valence-corrected chi connectivity index (χ2v) is 7.09. The van der Waals surface area contributed by atoms with Gasteiger partial charge in [0.05, 0.1) is 6.61 Å². The van der Waals surface area contributed by atoms with E-state index in [1.165, 1.54) is 42.6 Å². The van der Waals surface area contributed by atoms with Crippen LogP contribution < -0.4 is 15.4 Å². The zero-order valence-electron chi connectivity index (χ0n) is 15.1. The smallest absolute Gasteiger partial charge is 0.270 e. The number of aromatic nitrogens is 1. The van der Waals surface area contributed by atoms with E-state index >= 15 is 0 Å². The molecule has 0 unspecified atom stereocenters. The molecule has 0 radical (unpaired) electrons. The molecule has 6 heteroatoms. The fraction of sp³-hybridized carbons (Fsp3) is 0.400. The molecule has 5 nitrogen and oxygen atoms in total. The summed E-state index contributed by atoms with van der Waals surface area (Å²) in [7, 11) is 0. The topological polar surface area (TPSA) is 63.2 Å². The van der Waals surface area contributed by atoms with Crippen LogP contribution in [0, 0.1) is 0 Å². The Labute approximate surface area is 158 Å². The number of thiazole rings is 1. The molecule has 2 N–H and O–H groups in total. The van der Waals surface area contributed by atoms with Crippen LogP contribution in [0.3, 0.4) is 0 Å². The Hall–Kier alpha value is -2.34. The summed E-state index contributed by atoms with van der Waals surface area (Å²) >= 11 is 1.42. The predicted molar refractivity (Wildman–Crippen MR) is 107 cm³/mol. The number of nitrogens with one attached hydrogen (secondary N) is 2. The normalized spacial score (nSPS) is 13.8. The molecule has 0 saturated carbocycles. The van der Waals surface area contributed by atoms with Crippen LogP contribution in [0.2, 0.25) is 0 Å². The summed E-state index contributed by atoms with van der Waals surface area (Å²) in [5, 5.41) is 8.67. The van der Waals surface area contributed by atoms with Crippen molar-refractivity contribution in [3.05, 3.63) is 47.0 Å². The lowest BCUT2D eigenvalue weighted by atomic mass is 9.97. The minimum atomic E-state index is -0.114. The van der Waals surface area contributed by atoms with Gasteiger partial charge in [-0.25, -0.2) is 4.98 Å². The lowest BCUT2D eigenvalue weighted by molar-refractivity contribution is 0.0950. The molecular weight excluding hydrogens is 346 g/mol. The molecule has 26 heavy (non-hydrogen) atoms. The monoisotopic (exact) mass is 371 g/mol. The highest BCUT2D eigenvalue weighted by molar-refractivity contribution is 7.14. The third kappa shape index (κ3) is 5.33. The summed E-state index contributed by atoms with van der Waals surface area (Å²) in [6, 6.07) is 7.69. The van der Waals surface area contributed by atoms with E-state index in [0.29, 0.717) is 24.0 Å². The standard InChI is InChI=1S/C20H25N3O2S/c1-2-25-17-10-8-16(9-11-17)22-20-23-18(14-26-20)19(24)21-13-12-15-6-4-3-5-7-15/h6,8-11,14H,2-5,7,12-13H2,1H3,(H,21,24)(H,22,23). The minimum Gasteiger partial charge on any atom is -0.494 e. The van der Waals surface area contributed by atoms with Gasteiger partial charge in [-0.3, -0.25) is 4.79 Å². The summed E-state index contributed by atoms with van der Waals surface area (Å²) in [6.45, 7) is 3.28. The lowest BCUT2D eigenvalue weighted by Crippen LogP contribution is -2.25. The van der Waals surface area contributed by atoms with Gasteiger partial charge in [0.2, 0.25) is 0 Å². The number of rotatable bonds is 8. The molecule has 0 aliphatic heterocycles. The fourth-order valence-corrected chi connectivity index (χ4v) is 3.63. The number of nitrogens with zero attached hydrogens (tertiary/aromatic N) is 1. The van der Waals surface area contributed by atoms with E-state index in [2.05, 4.69) is 21.7 Å². The van der Waals surface area contributed by atoms with Crippen LogP contribution in [-0.4, -0.2) is 24.0 Å². The third-order valence-electron chi connectivity index (χ3n) is 4.27. The molecule has 0 spiro atoms. The van der Waals surface area contributed by atoms with Gasteiger partial charge in [0.25, 0.3) is 5.91 Å². The molecule has 1 aliphatic carbocycles. The SMILES string of the molecule is CCOc1ccc(Nc2nc(C(=O)NCCC3=CCCCC3)cs2)cc1. The van der Waals surface area contributed by atoms with E-state index in [0.717, 1.165) is 17.9 Å². The van der Waals surface area contributed by atoms with Crippen LogP contribution in [0.1, 0.15) is 49.5 Å². The highest BCUT2D eigenvalue weighted by atomic mass is 32.1. The molecule has 0 atom stereocenters. The number of benzene rings is 1. The van der Waals surface area contributed by atoms with Crippen LogP contribution in [0.5, 0.6) is 5.75 Å². The number of anilines is 2. The highest BCUT2D eigenvalue weighted by Crippen LogP contribution is 2.23. The average molecular weight is 372 g/mol. The fourth-order valence-electron chi connectivity index (χ4n) is 2.92. The van der Waals surface area contributed by atoms with E-state index in [4.69, 9.17) is 4.74 Å². The van der Waals surface area contributed by atoms with E-state index in [9.17, 15) is 4.79 Å². The van der Waals surface area contributed by atoms with Gasteiger partial charge in [-0.2, -0.15) is 0 Å². The van der Waals surface area contributed by atoms with Crippen LogP contribution in [0.4, 0.5) is 10.8 Å². The molecule has 1 amide bonds. The molecule has 1 aromatic heterocycles. The van der Waals surface area contributed by atoms with Gasteiger partial charge >= 0.3 is 0 Å². The largest absolute Gasteiger partial charge is 0.494 e. The maximum Gasteiger partial charge on any atom is 0.270 e. The molecule has 0 saturated heterocycles. The van der Waals surface area contributed by atoms with E-state index in [-0.39, 0.29) is 5.91 Å². The van der Waals surface area contributed by atoms with Gasteiger partial charge < -0.3 is 15.4 Å². The maximum atomic E-state index is 12.2. The summed E-state index contributed by atoms with van der Waals surface area (Å²) < 4.78 is 5.43. The second kappa shape index (κ2) is 9.38. The summed E-state index contributed by atoms with van der Waals surface area (Å²) in [4.78, 5) is 16.6. The molecule has 0 fully saturated rings. The predicted octanol–water partition coefficient (Wildman–Crippen LogP) is 4.91. The maximum absolute atomic E-state index is 12.2. The summed E-state index contributed by atoms with van der Waals surface area (Å²) in [5.74, 6) is 0.725. The van der Waals surface area contributed by atoms with Crippen molar-refractivity contribution in [3.8, 4) is 5.75 Å². The Balaban J connectivity index is 1.48. The summed E-state index contributed by atoms with van der Waals surface area (Å²) in [6.07, 6.45) is 8.16. The first-order valence-corrected chi connectivity index (χ1v) is 10.0.